The van der Waals surface area contributed by atoms with E-state index < -0.39 is 148 Å². The number of ether oxygens (including phenoxy) is 6. The number of amides is 2. The molecule has 3 rings (SSSR count). The molecular formula is C83H158N2O21. The first kappa shape index (κ1) is 97.9. The van der Waals surface area contributed by atoms with E-state index in [4.69, 9.17) is 28.4 Å². The molecule has 0 spiro atoms. The molecule has 3 heterocycles. The van der Waals surface area contributed by atoms with Crippen molar-refractivity contribution in [2.24, 2.45) is 0 Å². The van der Waals surface area contributed by atoms with Crippen LogP contribution in [0.5, 0.6) is 0 Å². The first-order valence-corrected chi connectivity index (χ1v) is 43.4. The highest BCUT2D eigenvalue weighted by molar-refractivity contribution is 5.77. The van der Waals surface area contributed by atoms with Crippen molar-refractivity contribution in [1.29, 1.82) is 0 Å². The summed E-state index contributed by atoms with van der Waals surface area (Å²) in [6.45, 7) is 2.25. The summed E-state index contributed by atoms with van der Waals surface area (Å²) in [6.07, 6.45) is 38.7. The van der Waals surface area contributed by atoms with Crippen LogP contribution in [-0.2, 0) is 42.8 Å². The van der Waals surface area contributed by atoms with Crippen LogP contribution in [0.2, 0.25) is 0 Å². The van der Waals surface area contributed by atoms with Gasteiger partial charge in [-0.3, -0.25) is 9.59 Å². The molecule has 3 aliphatic rings. The largest absolute Gasteiger partial charge is 0.477 e. The lowest BCUT2D eigenvalue weighted by Gasteiger charge is -2.50. The maximum atomic E-state index is 13.5. The van der Waals surface area contributed by atoms with Crippen LogP contribution in [0.15, 0.2) is 0 Å². The summed E-state index contributed by atoms with van der Waals surface area (Å²) in [5, 5.41) is 136. The molecule has 23 heteroatoms. The number of carboxylic acid groups (broad SMARTS) is 1. The van der Waals surface area contributed by atoms with Gasteiger partial charge in [0.2, 0.25) is 11.8 Å². The molecule has 3 saturated heterocycles. The SMILES string of the molecule is CCCCCCCCCCCCCCCCCCCCCCCCCCCCCCCCCCCCCCCCCC(=O)NC(COC1OC(CO)C(OC2OC(CO)C(O)C(OC3(C(=O)O)CC(O)C(NC(C)=O)C(C(O)C(O)CO)O3)C2O)C(O)C1O)C(O)CCCCCCCCCCCCCCC. The Morgan fingerprint density at radius 1 is 0.453 bits per heavy atom. The van der Waals surface area contributed by atoms with E-state index in [2.05, 4.69) is 24.5 Å². The number of unbranched alkanes of at least 4 members (excludes halogenated alkanes) is 50. The molecule has 0 aliphatic carbocycles. The topological polar surface area (TPSA) is 373 Å². The second kappa shape index (κ2) is 62.2. The molecule has 3 aliphatic heterocycles. The van der Waals surface area contributed by atoms with E-state index in [1.165, 1.54) is 276 Å². The van der Waals surface area contributed by atoms with Gasteiger partial charge in [0.05, 0.1) is 50.7 Å². The Labute approximate surface area is 639 Å². The molecule has 23 nitrogen and oxygen atoms in total. The number of carboxylic acids is 1. The molecule has 626 valence electrons. The average Bonchev–Trinajstić information content (AvgIpc) is 0.755. The van der Waals surface area contributed by atoms with Gasteiger partial charge in [-0.2, -0.15) is 0 Å². The van der Waals surface area contributed by atoms with E-state index in [1.54, 1.807) is 0 Å². The lowest BCUT2D eigenvalue weighted by molar-refractivity contribution is -0.386. The van der Waals surface area contributed by atoms with Crippen LogP contribution in [0, 0.1) is 0 Å². The van der Waals surface area contributed by atoms with E-state index in [0.717, 1.165) is 51.9 Å². The number of aliphatic carboxylic acids is 1. The molecule has 3 fully saturated rings. The molecule has 2 amide bonds. The van der Waals surface area contributed by atoms with Crippen molar-refractivity contribution in [2.45, 2.75) is 484 Å². The lowest BCUT2D eigenvalue weighted by Crippen LogP contribution is -2.70. The summed E-state index contributed by atoms with van der Waals surface area (Å²) in [5.41, 5.74) is 0. The minimum atomic E-state index is -3.08. The number of rotatable bonds is 70. The van der Waals surface area contributed by atoms with Crippen molar-refractivity contribution >= 4 is 17.8 Å². The second-order valence-electron chi connectivity index (χ2n) is 31.8. The number of aliphatic hydroxyl groups is 11. The predicted molar refractivity (Wildman–Crippen MR) is 412 cm³/mol. The van der Waals surface area contributed by atoms with Crippen LogP contribution in [0.25, 0.3) is 0 Å². The summed E-state index contributed by atoms with van der Waals surface area (Å²) >= 11 is 0. The fourth-order valence-electron chi connectivity index (χ4n) is 15.5. The third kappa shape index (κ3) is 41.5. The Bertz CT molecular complexity index is 2110. The maximum absolute atomic E-state index is 13.5. The van der Waals surface area contributed by atoms with Crippen LogP contribution in [0.4, 0.5) is 0 Å². The molecule has 0 saturated carbocycles. The Balaban J connectivity index is 1.37. The van der Waals surface area contributed by atoms with Crippen LogP contribution >= 0.6 is 0 Å². The van der Waals surface area contributed by atoms with E-state index in [0.29, 0.717) is 19.3 Å². The van der Waals surface area contributed by atoms with Crippen molar-refractivity contribution in [3.63, 3.8) is 0 Å². The van der Waals surface area contributed by atoms with Crippen molar-refractivity contribution in [3.05, 3.63) is 0 Å². The zero-order valence-electron chi connectivity index (χ0n) is 66.6. The molecule has 14 N–H and O–H groups in total. The summed E-state index contributed by atoms with van der Waals surface area (Å²) in [5.74, 6) is -6.09. The van der Waals surface area contributed by atoms with Gasteiger partial charge in [0.1, 0.15) is 67.1 Å². The standard InChI is InChI=1S/C83H158N2O21/c1-4-6-8-10-12-14-16-18-19-20-21-22-23-24-25-26-27-28-29-30-31-32-33-34-35-36-37-38-39-40-41-42-43-45-47-49-51-53-55-57-70(93)85-64(65(90)56-54-52-50-48-46-44-17-15-13-11-9-7-5-2)62-101-80-75(97)74(96)77(69(61-88)103-80)104-81-76(98)79(73(95)68(60-87)102-81)106-83(82(99)100)58-66(91)71(84-63(3)89)78(105-83)72(94)67(92)59-86/h64-69,71-81,86-88,90-92,94-98H,4-62H2,1-3H3,(H,84,89)(H,85,93)(H,99,100). The predicted octanol–water partition coefficient (Wildman–Crippen LogP) is 12.8. The highest BCUT2D eigenvalue weighted by Gasteiger charge is 2.60. The summed E-state index contributed by atoms with van der Waals surface area (Å²) in [6, 6.07) is -2.53. The Morgan fingerprint density at radius 2 is 0.821 bits per heavy atom. The van der Waals surface area contributed by atoms with Gasteiger partial charge in [-0.1, -0.05) is 341 Å². The molecular weight excluding hydrogens is 1360 g/mol. The monoisotopic (exact) mass is 1520 g/mol. The highest BCUT2D eigenvalue weighted by Crippen LogP contribution is 2.39. The quantitative estimate of drug-likeness (QED) is 0.0252. The zero-order chi connectivity index (χ0) is 77.4. The molecule has 0 aromatic rings. The van der Waals surface area contributed by atoms with Gasteiger partial charge in [-0.25, -0.2) is 4.79 Å². The lowest BCUT2D eigenvalue weighted by atomic mass is 9.88. The maximum Gasteiger partial charge on any atom is 0.364 e. The highest BCUT2D eigenvalue weighted by atomic mass is 16.8. The van der Waals surface area contributed by atoms with Gasteiger partial charge >= 0.3 is 5.97 Å². The smallest absolute Gasteiger partial charge is 0.364 e. The van der Waals surface area contributed by atoms with E-state index >= 15 is 0 Å². The van der Waals surface area contributed by atoms with Gasteiger partial charge in [-0.05, 0) is 12.8 Å². The van der Waals surface area contributed by atoms with E-state index in [1.807, 2.05) is 0 Å². The molecule has 18 atom stereocenters. The molecule has 0 aromatic heterocycles. The average molecular weight is 1520 g/mol. The third-order valence-electron chi connectivity index (χ3n) is 22.3. The van der Waals surface area contributed by atoms with Crippen molar-refractivity contribution in [2.75, 3.05) is 26.4 Å². The minimum Gasteiger partial charge on any atom is -0.477 e. The Morgan fingerprint density at radius 3 is 1.18 bits per heavy atom. The van der Waals surface area contributed by atoms with Crippen LogP contribution < -0.4 is 10.6 Å². The van der Waals surface area contributed by atoms with Gasteiger partial charge in [0, 0.05) is 19.8 Å². The van der Waals surface area contributed by atoms with E-state index in [9.17, 15) is 75.7 Å². The van der Waals surface area contributed by atoms with Crippen molar-refractivity contribution in [1.82, 2.24) is 10.6 Å². The summed E-state index contributed by atoms with van der Waals surface area (Å²) in [4.78, 5) is 38.7. The number of hydrogen-bond acceptors (Lipinski definition) is 20. The van der Waals surface area contributed by atoms with Crippen molar-refractivity contribution < 1.29 is 104 Å². The molecule has 18 unspecified atom stereocenters. The van der Waals surface area contributed by atoms with Gasteiger partial charge in [-0.15, -0.1) is 0 Å². The Kier molecular flexibility index (Phi) is 57.5. The number of carbonyl (C=O) groups is 3. The number of carbonyl (C=O) groups excluding carboxylic acids is 2. The minimum absolute atomic E-state index is 0.230. The Hall–Kier alpha value is -2.27. The van der Waals surface area contributed by atoms with Gasteiger partial charge < -0.3 is 100 Å². The summed E-state index contributed by atoms with van der Waals surface area (Å²) in [7, 11) is 0. The van der Waals surface area contributed by atoms with Crippen molar-refractivity contribution in [3.8, 4) is 0 Å². The first-order chi connectivity index (χ1) is 51.4. The summed E-state index contributed by atoms with van der Waals surface area (Å²) < 4.78 is 35.0. The number of aliphatic hydroxyl groups excluding tert-OH is 11. The number of nitrogens with one attached hydrogen (secondary N) is 2. The number of hydrogen-bond donors (Lipinski definition) is 14. The van der Waals surface area contributed by atoms with Crippen LogP contribution in [0.3, 0.4) is 0 Å². The normalized spacial score (nSPS) is 26.0. The fourth-order valence-corrected chi connectivity index (χ4v) is 15.5. The molecule has 0 aromatic carbocycles. The molecule has 0 radical (unpaired) electrons. The first-order valence-electron chi connectivity index (χ1n) is 43.4. The van der Waals surface area contributed by atoms with Gasteiger partial charge in [0.25, 0.3) is 5.79 Å². The van der Waals surface area contributed by atoms with E-state index in [-0.39, 0.29) is 18.9 Å². The molecule has 106 heavy (non-hydrogen) atoms. The zero-order valence-corrected chi connectivity index (χ0v) is 66.6. The molecule has 0 bridgehead atoms. The van der Waals surface area contributed by atoms with Crippen LogP contribution in [-0.4, -0.2) is 215 Å². The third-order valence-corrected chi connectivity index (χ3v) is 22.3. The fraction of sp³-hybridized carbons (Fsp3) is 0.964. The van der Waals surface area contributed by atoms with Crippen LogP contribution in [0.1, 0.15) is 374 Å². The van der Waals surface area contributed by atoms with Gasteiger partial charge in [0.15, 0.2) is 12.6 Å². The second-order valence-corrected chi connectivity index (χ2v) is 31.8.